The number of hydrogen-bond acceptors (Lipinski definition) is 10. The molecular weight excluding hydrogens is 444 g/mol. The van der Waals surface area contributed by atoms with Crippen LogP contribution in [0.5, 0.6) is 5.88 Å². The summed E-state index contributed by atoms with van der Waals surface area (Å²) >= 11 is 5.75. The summed E-state index contributed by atoms with van der Waals surface area (Å²) < 4.78 is 10.3. The molecule has 0 aliphatic heterocycles. The van der Waals surface area contributed by atoms with Crippen molar-refractivity contribution in [2.24, 2.45) is 10.7 Å². The van der Waals surface area contributed by atoms with E-state index in [1.807, 2.05) is 0 Å². The number of nitrogens with zero attached hydrogens (tertiary/aromatic N) is 3. The van der Waals surface area contributed by atoms with Gasteiger partial charge in [-0.2, -0.15) is 0 Å². The Kier molecular flexibility index (Phi) is 9.76. The number of rotatable bonds is 12. The van der Waals surface area contributed by atoms with E-state index in [9.17, 15) is 14.7 Å². The van der Waals surface area contributed by atoms with Gasteiger partial charge >= 0.3 is 5.76 Å². The first-order valence-electron chi connectivity index (χ1n) is 9.96. The number of H-pyrrole nitrogens is 1. The van der Waals surface area contributed by atoms with E-state index in [1.165, 1.54) is 0 Å². The lowest BCUT2D eigenvalue weighted by Crippen LogP contribution is -2.38. The van der Waals surface area contributed by atoms with Crippen molar-refractivity contribution in [3.05, 3.63) is 27.2 Å². The Morgan fingerprint density at radius 1 is 1.16 bits per heavy atom. The van der Waals surface area contributed by atoms with Gasteiger partial charge in [0, 0.05) is 26.2 Å². The highest BCUT2D eigenvalue weighted by Gasteiger charge is 2.16. The lowest BCUT2D eigenvalue weighted by molar-refractivity contribution is 0.0972. The minimum Gasteiger partial charge on any atom is -0.492 e. The molecule has 9 N–H and O–H groups in total. The van der Waals surface area contributed by atoms with Crippen LogP contribution in [0.3, 0.4) is 0 Å². The van der Waals surface area contributed by atoms with Gasteiger partial charge in [-0.1, -0.05) is 24.4 Å². The number of nitrogens with two attached hydrogens (primary N) is 3. The maximum absolute atomic E-state index is 12.1. The molecule has 0 aliphatic rings. The summed E-state index contributed by atoms with van der Waals surface area (Å²) in [5.41, 5.74) is 16.6. The van der Waals surface area contributed by atoms with Crippen LogP contribution in [-0.2, 0) is 11.2 Å². The van der Waals surface area contributed by atoms with Crippen LogP contribution in [0.2, 0.25) is 5.15 Å². The van der Waals surface area contributed by atoms with E-state index in [4.69, 9.17) is 38.0 Å². The van der Waals surface area contributed by atoms with E-state index in [0.717, 1.165) is 25.7 Å². The van der Waals surface area contributed by atoms with Gasteiger partial charge < -0.3 is 31.5 Å². The van der Waals surface area contributed by atoms with Gasteiger partial charge in [-0.05, 0) is 19.3 Å². The fourth-order valence-electron chi connectivity index (χ4n) is 2.65. The second-order valence-electron chi connectivity index (χ2n) is 6.77. The third-order valence-corrected chi connectivity index (χ3v) is 4.51. The van der Waals surface area contributed by atoms with Gasteiger partial charge in [-0.15, -0.1) is 0 Å². The van der Waals surface area contributed by atoms with Crippen molar-refractivity contribution in [1.82, 2.24) is 20.3 Å². The molecule has 0 saturated heterocycles. The summed E-state index contributed by atoms with van der Waals surface area (Å²) in [4.78, 5) is 36.8. The van der Waals surface area contributed by atoms with E-state index in [0.29, 0.717) is 32.6 Å². The first-order chi connectivity index (χ1) is 15.3. The number of aromatic nitrogens is 3. The van der Waals surface area contributed by atoms with Crippen LogP contribution >= 0.6 is 11.6 Å². The van der Waals surface area contributed by atoms with Crippen LogP contribution in [0.1, 0.15) is 48.4 Å². The van der Waals surface area contributed by atoms with Gasteiger partial charge in [-0.3, -0.25) is 20.1 Å². The van der Waals surface area contributed by atoms with Gasteiger partial charge in [0.15, 0.2) is 34.2 Å². The molecule has 2 heterocycles. The van der Waals surface area contributed by atoms with E-state index in [1.54, 1.807) is 0 Å². The van der Waals surface area contributed by atoms with Crippen molar-refractivity contribution in [3.63, 3.8) is 0 Å². The molecule has 2 aromatic heterocycles. The third-order valence-electron chi connectivity index (χ3n) is 4.23. The fraction of sp³-hybridized carbons (Fsp3) is 0.500. The molecule has 0 bridgehead atoms. The number of ether oxygens (including phenoxy) is 1. The molecule has 176 valence electrons. The Balaban J connectivity index is 1.52. The smallest absolute Gasteiger partial charge is 0.419 e. The lowest BCUT2D eigenvalue weighted by Gasteiger charge is -2.07. The monoisotopic (exact) mass is 470 g/mol. The van der Waals surface area contributed by atoms with E-state index >= 15 is 0 Å². The quantitative estimate of drug-likeness (QED) is 0.143. The Morgan fingerprint density at radius 2 is 1.88 bits per heavy atom. The molecular formula is C18H27ClN8O5. The number of nitrogens with one attached hydrogen (secondary N) is 2. The standard InChI is InChI=1S/C18H27ClN8O5/c19-12-14(21)25-13(20)11(24-12)16(29)26-17(22)23-7-3-1-2-4-8-31-9-5-6-10-15(28)27-18(30)32-10/h28H,1-9H2,(H,27,30)(H4,20,21,25)(H3,22,23,26,29). The van der Waals surface area contributed by atoms with Crippen LogP contribution in [-0.4, -0.2) is 51.7 Å². The zero-order chi connectivity index (χ0) is 23.5. The number of halogens is 1. The molecule has 32 heavy (non-hydrogen) atoms. The zero-order valence-electron chi connectivity index (χ0n) is 17.4. The van der Waals surface area contributed by atoms with Crippen molar-refractivity contribution in [3.8, 4) is 5.88 Å². The molecule has 0 saturated carbocycles. The van der Waals surface area contributed by atoms with Crippen molar-refractivity contribution in [2.75, 3.05) is 31.2 Å². The summed E-state index contributed by atoms with van der Waals surface area (Å²) in [5.74, 6) is -1.62. The molecule has 0 aliphatic carbocycles. The Bertz CT molecular complexity index is 990. The number of nitrogen functional groups attached to an aromatic ring is 2. The highest BCUT2D eigenvalue weighted by Crippen LogP contribution is 2.17. The van der Waals surface area contributed by atoms with Gasteiger partial charge in [0.2, 0.25) is 5.88 Å². The minimum atomic E-state index is -0.677. The Hall–Kier alpha value is -3.32. The molecule has 2 aromatic rings. The molecule has 2 rings (SSSR count). The second-order valence-corrected chi connectivity index (χ2v) is 7.13. The van der Waals surface area contributed by atoms with Crippen molar-refractivity contribution >= 4 is 35.1 Å². The molecule has 0 aromatic carbocycles. The number of amides is 1. The Labute approximate surface area is 188 Å². The summed E-state index contributed by atoms with van der Waals surface area (Å²) in [7, 11) is 0. The average Bonchev–Trinajstić information content (AvgIpc) is 3.05. The number of aliphatic imine (C=N–C) groups is 1. The molecule has 0 atom stereocenters. The summed E-state index contributed by atoms with van der Waals surface area (Å²) in [6, 6.07) is 0. The van der Waals surface area contributed by atoms with E-state index in [2.05, 4.69) is 25.3 Å². The van der Waals surface area contributed by atoms with E-state index in [-0.39, 0.29) is 40.1 Å². The normalized spacial score (nSPS) is 11.6. The van der Waals surface area contributed by atoms with Gasteiger partial charge in [-0.25, -0.2) is 14.8 Å². The first kappa shape index (κ1) is 24.9. The van der Waals surface area contributed by atoms with Crippen LogP contribution in [0.15, 0.2) is 14.2 Å². The number of unbranched alkanes of at least 4 members (excludes halogenated alkanes) is 3. The minimum absolute atomic E-state index is 0.0585. The molecule has 1 amide bonds. The highest BCUT2D eigenvalue weighted by atomic mass is 35.5. The number of carbonyl (C=O) groups excluding carboxylic acids is 1. The summed E-state index contributed by atoms with van der Waals surface area (Å²) in [6.45, 7) is 1.56. The molecule has 0 radical (unpaired) electrons. The van der Waals surface area contributed by atoms with Crippen LogP contribution in [0.25, 0.3) is 0 Å². The number of hydrogen-bond donors (Lipinski definition) is 6. The molecule has 0 spiro atoms. The molecule has 0 fully saturated rings. The maximum atomic E-state index is 12.1. The number of oxazole rings is 1. The fourth-order valence-corrected chi connectivity index (χ4v) is 2.78. The predicted octanol–water partition coefficient (Wildman–Crippen LogP) is 0.536. The summed E-state index contributed by atoms with van der Waals surface area (Å²) in [6.07, 6.45) is 4.60. The number of aryl methyl sites for hydroxylation is 1. The first-order valence-corrected chi connectivity index (χ1v) is 10.3. The Morgan fingerprint density at radius 3 is 2.59 bits per heavy atom. The third kappa shape index (κ3) is 8.07. The molecule has 13 nitrogen and oxygen atoms in total. The number of aromatic amines is 1. The number of guanidine groups is 1. The number of aromatic hydroxyl groups is 1. The van der Waals surface area contributed by atoms with Gasteiger partial charge in [0.25, 0.3) is 5.91 Å². The van der Waals surface area contributed by atoms with Crippen molar-refractivity contribution < 1.29 is 19.1 Å². The molecule has 14 heteroatoms. The number of carbonyl (C=O) groups is 1. The van der Waals surface area contributed by atoms with Crippen LogP contribution < -0.4 is 28.3 Å². The van der Waals surface area contributed by atoms with Gasteiger partial charge in [0.05, 0.1) is 0 Å². The highest BCUT2D eigenvalue weighted by molar-refractivity contribution is 6.31. The molecule has 0 unspecified atom stereocenters. The average molecular weight is 471 g/mol. The predicted molar refractivity (Wildman–Crippen MR) is 118 cm³/mol. The van der Waals surface area contributed by atoms with E-state index < -0.39 is 11.7 Å². The maximum Gasteiger partial charge on any atom is 0.419 e. The van der Waals surface area contributed by atoms with Crippen molar-refractivity contribution in [2.45, 2.75) is 38.5 Å². The summed E-state index contributed by atoms with van der Waals surface area (Å²) in [5, 5.41) is 11.6. The van der Waals surface area contributed by atoms with Crippen LogP contribution in [0.4, 0.5) is 11.6 Å². The lowest BCUT2D eigenvalue weighted by atomic mass is 10.2. The SMILES string of the molecule is NC(=NCCCCCCOCCCc1oc(=O)[nH]c1O)NC(=O)c1nc(Cl)c(N)nc1N. The topological polar surface area (TPSA) is 221 Å². The number of anilines is 2. The van der Waals surface area contributed by atoms with Crippen molar-refractivity contribution in [1.29, 1.82) is 0 Å². The zero-order valence-corrected chi connectivity index (χ0v) is 18.2. The largest absolute Gasteiger partial charge is 0.492 e. The van der Waals surface area contributed by atoms with Gasteiger partial charge in [0.1, 0.15) is 0 Å². The second kappa shape index (κ2) is 12.5. The van der Waals surface area contributed by atoms with Crippen LogP contribution in [0, 0.1) is 0 Å².